The zero-order valence-electron chi connectivity index (χ0n) is 19.5. The number of ether oxygens (including phenoxy) is 4. The van der Waals surface area contributed by atoms with Gasteiger partial charge in [-0.25, -0.2) is 0 Å². The number of likely N-dealkylation sites (tertiary alicyclic amines) is 1. The van der Waals surface area contributed by atoms with E-state index < -0.39 is 23.7 Å². The topological polar surface area (TPSA) is 112 Å². The number of amides is 1. The Bertz CT molecular complexity index is 1120. The number of aliphatic hydroxyl groups excluding tert-OH is 1. The molecule has 1 saturated heterocycles. The molecule has 1 fully saturated rings. The van der Waals surface area contributed by atoms with E-state index in [-0.39, 0.29) is 29.2 Å². The minimum atomic E-state index is -0.888. The lowest BCUT2D eigenvalue weighted by Crippen LogP contribution is -2.31. The minimum absolute atomic E-state index is 0.0744. The summed E-state index contributed by atoms with van der Waals surface area (Å²) in [6.45, 7) is 1.89. The van der Waals surface area contributed by atoms with Gasteiger partial charge in [-0.1, -0.05) is 12.1 Å². The number of carbonyl (C=O) groups excluding carboxylic acids is 3. The molecule has 1 unspecified atom stereocenters. The van der Waals surface area contributed by atoms with Crippen LogP contribution in [-0.2, 0) is 19.1 Å². The van der Waals surface area contributed by atoms with Crippen molar-refractivity contribution in [1.29, 1.82) is 0 Å². The molecule has 3 rings (SSSR count). The maximum absolute atomic E-state index is 13.1. The largest absolute Gasteiger partial charge is 0.507 e. The zero-order chi connectivity index (χ0) is 24.8. The first-order valence-corrected chi connectivity index (χ1v) is 10.6. The Morgan fingerprint density at radius 2 is 1.76 bits per heavy atom. The predicted octanol–water partition coefficient (Wildman–Crippen LogP) is 3.09. The molecule has 0 aromatic heterocycles. The molecule has 180 valence electrons. The molecule has 1 aliphatic heterocycles. The molecule has 0 saturated carbocycles. The van der Waals surface area contributed by atoms with E-state index in [9.17, 15) is 19.5 Å². The number of ketones is 1. The van der Waals surface area contributed by atoms with Gasteiger partial charge in [-0.15, -0.1) is 0 Å². The fourth-order valence-electron chi connectivity index (χ4n) is 3.89. The summed E-state index contributed by atoms with van der Waals surface area (Å²) in [5.74, 6) is -1.33. The van der Waals surface area contributed by atoms with Crippen LogP contribution in [0.1, 0.15) is 30.5 Å². The van der Waals surface area contributed by atoms with Crippen molar-refractivity contribution in [3.05, 3.63) is 59.2 Å². The quantitative estimate of drug-likeness (QED) is 0.149. The number of rotatable bonds is 9. The Morgan fingerprint density at radius 3 is 2.41 bits per heavy atom. The predicted molar refractivity (Wildman–Crippen MR) is 123 cm³/mol. The van der Waals surface area contributed by atoms with Crippen LogP contribution in [0.15, 0.2) is 48.0 Å². The number of benzene rings is 2. The molecule has 0 bridgehead atoms. The number of hydrogen-bond donors (Lipinski definition) is 1. The maximum atomic E-state index is 13.1. The van der Waals surface area contributed by atoms with Crippen molar-refractivity contribution in [3.8, 4) is 17.2 Å². The molecule has 34 heavy (non-hydrogen) atoms. The first kappa shape index (κ1) is 24.8. The zero-order valence-corrected chi connectivity index (χ0v) is 19.5. The third kappa shape index (κ3) is 5.04. The fraction of sp³-hybridized carbons (Fsp3) is 0.320. The van der Waals surface area contributed by atoms with E-state index in [1.165, 1.54) is 32.1 Å². The molecule has 0 spiro atoms. The summed E-state index contributed by atoms with van der Waals surface area (Å²) < 4.78 is 20.8. The summed E-state index contributed by atoms with van der Waals surface area (Å²) in [6.07, 6.45) is 0.486. The van der Waals surface area contributed by atoms with Gasteiger partial charge >= 0.3 is 5.97 Å². The molecule has 1 aliphatic rings. The lowest BCUT2D eigenvalue weighted by molar-refractivity contribution is -0.140. The van der Waals surface area contributed by atoms with Crippen LogP contribution in [0.2, 0.25) is 0 Å². The summed E-state index contributed by atoms with van der Waals surface area (Å²) >= 11 is 0. The lowest BCUT2D eigenvalue weighted by Gasteiger charge is -2.25. The van der Waals surface area contributed by atoms with Gasteiger partial charge in [0.25, 0.3) is 11.7 Å². The highest BCUT2D eigenvalue weighted by Crippen LogP contribution is 2.41. The monoisotopic (exact) mass is 469 g/mol. The molecule has 9 heteroatoms. The summed E-state index contributed by atoms with van der Waals surface area (Å²) in [4.78, 5) is 38.9. The maximum Gasteiger partial charge on any atom is 0.308 e. The summed E-state index contributed by atoms with van der Waals surface area (Å²) in [5, 5.41) is 11.2. The van der Waals surface area contributed by atoms with Gasteiger partial charge < -0.3 is 29.0 Å². The van der Waals surface area contributed by atoms with Crippen molar-refractivity contribution >= 4 is 23.4 Å². The van der Waals surface area contributed by atoms with Crippen molar-refractivity contribution < 1.29 is 38.4 Å². The molecule has 2 aromatic rings. The van der Waals surface area contributed by atoms with E-state index in [1.54, 1.807) is 43.5 Å². The number of esters is 1. The smallest absolute Gasteiger partial charge is 0.308 e. The average Bonchev–Trinajstić information content (AvgIpc) is 3.08. The Balaban J connectivity index is 2.16. The standard InChI is InChI=1S/C25H27NO8/c1-15(27)34-18-8-5-7-16(13-18)22-21(24(29)25(30)26(22)11-6-12-31-2)23(28)17-9-10-19(32-3)20(14-17)33-4/h5,7-10,13-14,22,28H,6,11-12H2,1-4H3/b23-21+. The molecule has 1 heterocycles. The summed E-state index contributed by atoms with van der Waals surface area (Å²) in [6, 6.07) is 10.3. The van der Waals surface area contributed by atoms with Gasteiger partial charge in [0, 0.05) is 32.7 Å². The first-order valence-electron chi connectivity index (χ1n) is 10.6. The Hall–Kier alpha value is -3.85. The Morgan fingerprint density at radius 1 is 1.03 bits per heavy atom. The number of hydrogen-bond acceptors (Lipinski definition) is 8. The molecular formula is C25H27NO8. The summed E-state index contributed by atoms with van der Waals surface area (Å²) in [7, 11) is 4.49. The minimum Gasteiger partial charge on any atom is -0.507 e. The normalized spacial score (nSPS) is 17.1. The van der Waals surface area contributed by atoms with Crippen molar-refractivity contribution in [2.24, 2.45) is 0 Å². The molecule has 2 aromatic carbocycles. The average molecular weight is 469 g/mol. The van der Waals surface area contributed by atoms with E-state index in [0.29, 0.717) is 30.1 Å². The Kier molecular flexibility index (Phi) is 7.91. The van der Waals surface area contributed by atoms with E-state index in [2.05, 4.69) is 0 Å². The molecular weight excluding hydrogens is 442 g/mol. The van der Waals surface area contributed by atoms with Gasteiger partial charge in [-0.2, -0.15) is 0 Å². The van der Waals surface area contributed by atoms with E-state index in [0.717, 1.165) is 0 Å². The van der Waals surface area contributed by atoms with E-state index in [4.69, 9.17) is 18.9 Å². The highest BCUT2D eigenvalue weighted by molar-refractivity contribution is 6.46. The highest BCUT2D eigenvalue weighted by Gasteiger charge is 2.46. The Labute approximate surface area is 197 Å². The van der Waals surface area contributed by atoms with Crippen molar-refractivity contribution in [1.82, 2.24) is 4.90 Å². The third-order valence-electron chi connectivity index (χ3n) is 5.38. The number of methoxy groups -OCH3 is 3. The van der Waals surface area contributed by atoms with Crippen molar-refractivity contribution in [2.45, 2.75) is 19.4 Å². The molecule has 0 aliphatic carbocycles. The van der Waals surface area contributed by atoms with Crippen LogP contribution in [0, 0.1) is 0 Å². The SMILES string of the molecule is COCCCN1C(=O)C(=O)/C(=C(/O)c2ccc(OC)c(OC)c2)C1c1cccc(OC(C)=O)c1. The van der Waals surface area contributed by atoms with Crippen LogP contribution in [0.3, 0.4) is 0 Å². The first-order chi connectivity index (χ1) is 16.3. The van der Waals surface area contributed by atoms with Crippen LogP contribution in [-0.4, -0.2) is 62.1 Å². The van der Waals surface area contributed by atoms with E-state index in [1.807, 2.05) is 0 Å². The van der Waals surface area contributed by atoms with Gasteiger partial charge in [-0.3, -0.25) is 14.4 Å². The molecule has 0 radical (unpaired) electrons. The second-order valence-electron chi connectivity index (χ2n) is 7.57. The third-order valence-corrected chi connectivity index (χ3v) is 5.38. The van der Waals surface area contributed by atoms with Gasteiger partial charge in [0.2, 0.25) is 0 Å². The van der Waals surface area contributed by atoms with Crippen molar-refractivity contribution in [3.63, 3.8) is 0 Å². The van der Waals surface area contributed by atoms with Gasteiger partial charge in [0.15, 0.2) is 11.5 Å². The molecule has 1 atom stereocenters. The van der Waals surface area contributed by atoms with Crippen molar-refractivity contribution in [2.75, 3.05) is 34.5 Å². The number of nitrogens with zero attached hydrogens (tertiary/aromatic N) is 1. The van der Waals surface area contributed by atoms with Gasteiger partial charge in [-0.05, 0) is 42.3 Å². The second-order valence-corrected chi connectivity index (χ2v) is 7.57. The highest BCUT2D eigenvalue weighted by atomic mass is 16.5. The molecule has 1 N–H and O–H groups in total. The van der Waals surface area contributed by atoms with Crippen LogP contribution < -0.4 is 14.2 Å². The number of aliphatic hydroxyl groups is 1. The van der Waals surface area contributed by atoms with Gasteiger partial charge in [0.1, 0.15) is 11.5 Å². The van der Waals surface area contributed by atoms with Crippen LogP contribution in [0.5, 0.6) is 17.2 Å². The summed E-state index contributed by atoms with van der Waals surface area (Å²) in [5.41, 5.74) is 0.723. The molecule has 9 nitrogen and oxygen atoms in total. The number of Topliss-reactive ketones (excluding diaryl/α,β-unsaturated/α-hetero) is 1. The van der Waals surface area contributed by atoms with Crippen LogP contribution in [0.25, 0.3) is 5.76 Å². The lowest BCUT2D eigenvalue weighted by atomic mass is 9.95. The van der Waals surface area contributed by atoms with Crippen LogP contribution >= 0.6 is 0 Å². The number of carbonyl (C=O) groups is 3. The van der Waals surface area contributed by atoms with Gasteiger partial charge in [0.05, 0.1) is 25.8 Å². The molecule has 1 amide bonds. The fourth-order valence-corrected chi connectivity index (χ4v) is 3.89. The van der Waals surface area contributed by atoms with Crippen LogP contribution in [0.4, 0.5) is 0 Å². The second kappa shape index (κ2) is 10.8. The van der Waals surface area contributed by atoms with E-state index >= 15 is 0 Å².